The maximum absolute atomic E-state index is 14.1. The molecular formula is C18H20FN3OS. The molecule has 1 aromatic heterocycles. The van der Waals surface area contributed by atoms with Crippen molar-refractivity contribution in [1.82, 2.24) is 15.6 Å². The number of hydrogen-bond acceptors (Lipinski definition) is 3. The maximum Gasteiger partial charge on any atom is 0.316 e. The molecule has 1 aromatic carbocycles. The average Bonchev–Trinajstić information content (AvgIpc) is 3.46. The van der Waals surface area contributed by atoms with Crippen molar-refractivity contribution in [3.63, 3.8) is 0 Å². The molecule has 1 atom stereocenters. The Kier molecular flexibility index (Phi) is 3.79. The van der Waals surface area contributed by atoms with Gasteiger partial charge in [-0.05, 0) is 44.6 Å². The minimum Gasteiger partial charge on any atom is -0.329 e. The lowest BCUT2D eigenvalue weighted by Crippen LogP contribution is -2.44. The van der Waals surface area contributed by atoms with Crippen LogP contribution in [0.25, 0.3) is 0 Å². The second-order valence-electron chi connectivity index (χ2n) is 6.78. The second-order valence-corrected chi connectivity index (χ2v) is 8.05. The van der Waals surface area contributed by atoms with Crippen LogP contribution in [0.15, 0.2) is 30.5 Å². The van der Waals surface area contributed by atoms with E-state index >= 15 is 0 Å². The first-order valence-corrected chi connectivity index (χ1v) is 9.15. The number of halogens is 1. The minimum atomic E-state index is -0.553. The molecule has 2 amide bonds. The van der Waals surface area contributed by atoms with Crippen LogP contribution >= 0.6 is 11.3 Å². The molecule has 0 aliphatic heterocycles. The van der Waals surface area contributed by atoms with E-state index in [-0.39, 0.29) is 17.9 Å². The van der Waals surface area contributed by atoms with Crippen LogP contribution < -0.4 is 10.6 Å². The number of thiazole rings is 1. The summed E-state index contributed by atoms with van der Waals surface area (Å²) in [6.07, 6.45) is 5.61. The Balaban J connectivity index is 1.47. The van der Waals surface area contributed by atoms with Crippen molar-refractivity contribution in [2.45, 2.75) is 44.2 Å². The number of aromatic nitrogens is 1. The van der Waals surface area contributed by atoms with Crippen molar-refractivity contribution in [2.24, 2.45) is 5.92 Å². The summed E-state index contributed by atoms with van der Waals surface area (Å²) >= 11 is 1.62. The van der Waals surface area contributed by atoms with Gasteiger partial charge in [0.05, 0.1) is 11.6 Å². The van der Waals surface area contributed by atoms with E-state index in [0.717, 1.165) is 35.6 Å². The number of carbonyl (C=O) groups excluding carboxylic acids is 1. The van der Waals surface area contributed by atoms with E-state index < -0.39 is 5.54 Å². The highest BCUT2D eigenvalue weighted by Crippen LogP contribution is 2.47. The van der Waals surface area contributed by atoms with E-state index in [1.54, 1.807) is 23.5 Å². The molecule has 24 heavy (non-hydrogen) atoms. The van der Waals surface area contributed by atoms with Crippen LogP contribution in [0.2, 0.25) is 0 Å². The number of hydrogen-bond donors (Lipinski definition) is 2. The standard InChI is InChI=1S/C18H20FN3OS/c1-11-10-20-16(24-11)15(12-6-7-12)21-17(23)22-18(8-9-18)13-4-2-3-5-14(13)19/h2-5,10,12,15H,6-9H2,1H3,(H2,21,22,23)/t15-/m0/s1. The number of nitrogens with zero attached hydrogens (tertiary/aromatic N) is 1. The molecule has 0 radical (unpaired) electrons. The molecule has 2 fully saturated rings. The van der Waals surface area contributed by atoms with Gasteiger partial charge >= 0.3 is 6.03 Å². The third kappa shape index (κ3) is 3.02. The van der Waals surface area contributed by atoms with Gasteiger partial charge in [-0.2, -0.15) is 0 Å². The molecule has 1 heterocycles. The summed E-state index contributed by atoms with van der Waals surface area (Å²) in [5.74, 6) is 0.203. The van der Waals surface area contributed by atoms with Crippen LogP contribution in [0.1, 0.15) is 47.2 Å². The number of carbonyl (C=O) groups is 1. The zero-order valence-electron chi connectivity index (χ0n) is 13.5. The molecule has 0 bridgehead atoms. The lowest BCUT2D eigenvalue weighted by atomic mass is 10.0. The molecule has 2 aromatic rings. The van der Waals surface area contributed by atoms with Gasteiger partial charge in [0, 0.05) is 16.6 Å². The Morgan fingerprint density at radius 3 is 2.71 bits per heavy atom. The lowest BCUT2D eigenvalue weighted by Gasteiger charge is -2.22. The molecule has 6 heteroatoms. The van der Waals surface area contributed by atoms with Crippen LogP contribution in [0.3, 0.4) is 0 Å². The van der Waals surface area contributed by atoms with Crippen LogP contribution in [0, 0.1) is 18.7 Å². The molecule has 0 spiro atoms. The largest absolute Gasteiger partial charge is 0.329 e. The fourth-order valence-electron chi connectivity index (χ4n) is 3.16. The summed E-state index contributed by atoms with van der Waals surface area (Å²) in [7, 11) is 0. The van der Waals surface area contributed by atoms with Crippen LogP contribution in [-0.2, 0) is 5.54 Å². The zero-order valence-corrected chi connectivity index (χ0v) is 14.3. The molecule has 4 nitrogen and oxygen atoms in total. The fourth-order valence-corrected chi connectivity index (χ4v) is 4.08. The van der Waals surface area contributed by atoms with E-state index in [2.05, 4.69) is 15.6 Å². The highest BCUT2D eigenvalue weighted by molar-refractivity contribution is 7.11. The number of benzene rings is 1. The summed E-state index contributed by atoms with van der Waals surface area (Å²) < 4.78 is 14.1. The van der Waals surface area contributed by atoms with Gasteiger partial charge in [0.1, 0.15) is 10.8 Å². The first kappa shape index (κ1) is 15.6. The Morgan fingerprint density at radius 1 is 1.38 bits per heavy atom. The van der Waals surface area contributed by atoms with Crippen molar-refractivity contribution in [2.75, 3.05) is 0 Å². The Hall–Kier alpha value is -1.95. The predicted octanol–water partition coefficient (Wildman–Crippen LogP) is 4.03. The quantitative estimate of drug-likeness (QED) is 0.859. The second kappa shape index (κ2) is 5.84. The molecule has 126 valence electrons. The highest BCUT2D eigenvalue weighted by Gasteiger charge is 2.48. The topological polar surface area (TPSA) is 54.0 Å². The molecule has 2 aliphatic carbocycles. The fraction of sp³-hybridized carbons (Fsp3) is 0.444. The molecule has 4 rings (SSSR count). The SMILES string of the molecule is Cc1cnc([C@@H](NC(=O)NC2(c3ccccc3F)CC2)C2CC2)s1. The smallest absolute Gasteiger partial charge is 0.316 e. The van der Waals surface area contributed by atoms with Crippen LogP contribution in [-0.4, -0.2) is 11.0 Å². The average molecular weight is 345 g/mol. The Morgan fingerprint density at radius 2 is 2.12 bits per heavy atom. The number of rotatable bonds is 5. The van der Waals surface area contributed by atoms with E-state index in [1.807, 2.05) is 19.2 Å². The van der Waals surface area contributed by atoms with Crippen LogP contribution in [0.4, 0.5) is 9.18 Å². The lowest BCUT2D eigenvalue weighted by molar-refractivity contribution is 0.230. The maximum atomic E-state index is 14.1. The highest BCUT2D eigenvalue weighted by atomic mass is 32.1. The first-order valence-electron chi connectivity index (χ1n) is 8.33. The third-order valence-corrected chi connectivity index (χ3v) is 5.77. The minimum absolute atomic E-state index is 0.0416. The molecular weight excluding hydrogens is 325 g/mol. The molecule has 2 N–H and O–H groups in total. The van der Waals surface area contributed by atoms with Gasteiger partial charge in [-0.3, -0.25) is 0 Å². The van der Waals surface area contributed by atoms with Crippen molar-refractivity contribution < 1.29 is 9.18 Å². The summed E-state index contributed by atoms with van der Waals surface area (Å²) in [5, 5.41) is 7.03. The summed E-state index contributed by atoms with van der Waals surface area (Å²) in [5.41, 5.74) is 0.0238. The van der Waals surface area contributed by atoms with Crippen molar-refractivity contribution in [3.05, 3.63) is 51.7 Å². The van der Waals surface area contributed by atoms with Crippen molar-refractivity contribution in [1.29, 1.82) is 0 Å². The van der Waals surface area contributed by atoms with Crippen LogP contribution in [0.5, 0.6) is 0 Å². The first-order chi connectivity index (χ1) is 11.6. The zero-order chi connectivity index (χ0) is 16.7. The normalized spacial score (nSPS) is 19.6. The van der Waals surface area contributed by atoms with Gasteiger partial charge < -0.3 is 10.6 Å². The van der Waals surface area contributed by atoms with Gasteiger partial charge in [-0.15, -0.1) is 11.3 Å². The van der Waals surface area contributed by atoms with E-state index in [9.17, 15) is 9.18 Å². The van der Waals surface area contributed by atoms with Gasteiger partial charge in [0.2, 0.25) is 0 Å². The van der Waals surface area contributed by atoms with Crippen molar-refractivity contribution >= 4 is 17.4 Å². The monoisotopic (exact) mass is 345 g/mol. The Bertz CT molecular complexity index is 767. The summed E-state index contributed by atoms with van der Waals surface area (Å²) in [6, 6.07) is 6.40. The third-order valence-electron chi connectivity index (χ3n) is 4.78. The van der Waals surface area contributed by atoms with E-state index in [1.165, 1.54) is 6.07 Å². The number of aryl methyl sites for hydroxylation is 1. The predicted molar refractivity (Wildman–Crippen MR) is 91.3 cm³/mol. The van der Waals surface area contributed by atoms with Crippen molar-refractivity contribution in [3.8, 4) is 0 Å². The Labute approximate surface area is 144 Å². The molecule has 2 aliphatic rings. The molecule has 2 saturated carbocycles. The molecule has 0 unspecified atom stereocenters. The summed E-state index contributed by atoms with van der Waals surface area (Å²) in [4.78, 5) is 18.1. The van der Waals surface area contributed by atoms with Gasteiger partial charge in [-0.25, -0.2) is 14.2 Å². The number of urea groups is 1. The van der Waals surface area contributed by atoms with Gasteiger partial charge in [-0.1, -0.05) is 18.2 Å². The van der Waals surface area contributed by atoms with Gasteiger partial charge in [0.25, 0.3) is 0 Å². The number of nitrogens with one attached hydrogen (secondary N) is 2. The number of amides is 2. The van der Waals surface area contributed by atoms with E-state index in [4.69, 9.17) is 0 Å². The van der Waals surface area contributed by atoms with Gasteiger partial charge in [0.15, 0.2) is 0 Å². The summed E-state index contributed by atoms with van der Waals surface area (Å²) in [6.45, 7) is 2.02. The molecule has 0 saturated heterocycles. The van der Waals surface area contributed by atoms with E-state index in [0.29, 0.717) is 11.5 Å².